The third-order valence-corrected chi connectivity index (χ3v) is 0.914. The zero-order valence-corrected chi connectivity index (χ0v) is 9.84. The Labute approximate surface area is 97.2 Å². The van der Waals surface area contributed by atoms with Crippen LogP contribution in [0.1, 0.15) is 0 Å². The molecule has 0 atom stereocenters. The van der Waals surface area contributed by atoms with Gasteiger partial charge in [-0.1, -0.05) is 40.9 Å². The zero-order chi connectivity index (χ0) is 9.61. The summed E-state index contributed by atoms with van der Waals surface area (Å²) >= 11 is 22.2. The van der Waals surface area contributed by atoms with Crippen molar-refractivity contribution in [2.45, 2.75) is 8.15 Å². The van der Waals surface area contributed by atoms with Gasteiger partial charge in [0.2, 0.25) is 3.12 Å². The van der Waals surface area contributed by atoms with Gasteiger partial charge in [0.1, 0.15) is 0 Å². The van der Waals surface area contributed by atoms with Crippen LogP contribution in [0.2, 0.25) is 0 Å². The molecule has 12 heavy (non-hydrogen) atoms. The Morgan fingerprint density at radius 1 is 1.25 bits per heavy atom. The van der Waals surface area contributed by atoms with Gasteiger partial charge in [0.15, 0.2) is 0 Å². The minimum absolute atomic E-state index is 0.766. The van der Waals surface area contributed by atoms with Crippen molar-refractivity contribution in [1.29, 1.82) is 0 Å². The van der Waals surface area contributed by atoms with Crippen LogP contribution in [0, 0.1) is 0 Å². The van der Waals surface area contributed by atoms with E-state index in [1.165, 1.54) is 0 Å². The van der Waals surface area contributed by atoms with Crippen molar-refractivity contribution in [1.82, 2.24) is 4.98 Å². The molecule has 0 aromatic carbocycles. The first-order chi connectivity index (χ1) is 5.39. The number of hydrogen-bond donors (Lipinski definition) is 2. The maximum atomic E-state index is 4.93. The molecule has 68 valence electrons. The minimum Gasteiger partial charge on any atom is -0.250 e. The highest BCUT2D eigenvalue weighted by Gasteiger charge is 2.08. The van der Waals surface area contributed by atoms with Gasteiger partial charge in [-0.25, -0.2) is 0 Å². The number of pyridine rings is 1. The summed E-state index contributed by atoms with van der Waals surface area (Å²) < 4.78 is -1.39. The van der Waals surface area contributed by atoms with Gasteiger partial charge in [-0.3, -0.25) is 4.98 Å². The number of halogens is 3. The maximum Gasteiger partial charge on any atom is 0.234 e. The van der Waals surface area contributed by atoms with E-state index in [1.54, 1.807) is 6.20 Å². The van der Waals surface area contributed by atoms with E-state index in [1.807, 2.05) is 18.2 Å². The molecule has 0 aliphatic rings. The summed E-state index contributed by atoms with van der Waals surface area (Å²) in [7, 11) is 0. The Bertz CT molecular complexity index is 206. The predicted molar refractivity (Wildman–Crippen MR) is 60.8 cm³/mol. The molecule has 0 amide bonds. The Balaban J connectivity index is 0.000000217. The Morgan fingerprint density at radius 2 is 1.75 bits per heavy atom. The van der Waals surface area contributed by atoms with Gasteiger partial charge < -0.3 is 0 Å². The smallest absolute Gasteiger partial charge is 0.234 e. The summed E-state index contributed by atoms with van der Waals surface area (Å²) in [6, 6.07) is 5.60. The molecule has 0 bridgehead atoms. The van der Waals surface area contributed by atoms with Crippen LogP contribution in [-0.4, -0.2) is 8.11 Å². The topological polar surface area (TPSA) is 12.9 Å². The molecule has 0 N–H and O–H groups in total. The number of hydrogen-bond acceptors (Lipinski definition) is 3. The molecule has 0 radical (unpaired) electrons. The van der Waals surface area contributed by atoms with E-state index in [9.17, 15) is 0 Å². The van der Waals surface area contributed by atoms with E-state index in [0.717, 1.165) is 5.03 Å². The molecule has 1 heterocycles. The fourth-order valence-corrected chi connectivity index (χ4v) is 0.506. The summed E-state index contributed by atoms with van der Waals surface area (Å²) in [6.45, 7) is 0. The number of nitrogens with zero attached hydrogens (tertiary/aromatic N) is 1. The Kier molecular flexibility index (Phi) is 6.59. The van der Waals surface area contributed by atoms with Crippen molar-refractivity contribution in [3.8, 4) is 0 Å². The van der Waals surface area contributed by atoms with E-state index in [2.05, 4.69) is 30.2 Å². The molecule has 0 spiro atoms. The fraction of sp³-hybridized carbons (Fsp3) is 0.167. The molecular weight excluding hydrogens is 257 g/mol. The lowest BCUT2D eigenvalue weighted by atomic mass is 10.5. The first-order valence-corrected chi connectivity index (χ1v) is 4.81. The summed E-state index contributed by atoms with van der Waals surface area (Å²) in [5.41, 5.74) is 0. The lowest BCUT2D eigenvalue weighted by Gasteiger charge is -1.93. The van der Waals surface area contributed by atoms with Crippen LogP contribution in [-0.2, 0) is 0 Å². The van der Waals surface area contributed by atoms with Crippen LogP contribution in [0.5, 0.6) is 0 Å². The van der Waals surface area contributed by atoms with Crippen molar-refractivity contribution >= 4 is 60.1 Å². The number of aromatic nitrogens is 1. The first-order valence-electron chi connectivity index (χ1n) is 2.78. The van der Waals surface area contributed by atoms with Crippen LogP contribution in [0.3, 0.4) is 0 Å². The van der Waals surface area contributed by atoms with Gasteiger partial charge in [0, 0.05) is 6.20 Å². The van der Waals surface area contributed by atoms with Crippen molar-refractivity contribution in [2.24, 2.45) is 0 Å². The van der Waals surface area contributed by atoms with Gasteiger partial charge in [0.25, 0.3) is 0 Å². The van der Waals surface area contributed by atoms with Crippen LogP contribution in [0.25, 0.3) is 0 Å². The van der Waals surface area contributed by atoms with Crippen molar-refractivity contribution in [3.63, 3.8) is 0 Å². The average Bonchev–Trinajstić information content (AvgIpc) is 1.85. The van der Waals surface area contributed by atoms with Crippen molar-refractivity contribution in [2.75, 3.05) is 0 Å². The molecule has 1 aromatic rings. The Morgan fingerprint density at radius 3 is 1.92 bits per heavy atom. The molecule has 1 rings (SSSR count). The first kappa shape index (κ1) is 12.7. The predicted octanol–water partition coefficient (Wildman–Crippen LogP) is 3.61. The zero-order valence-electron chi connectivity index (χ0n) is 5.78. The summed E-state index contributed by atoms with van der Waals surface area (Å²) in [4.78, 5) is 3.84. The minimum atomic E-state index is -1.39. The van der Waals surface area contributed by atoms with Gasteiger partial charge in [-0.2, -0.15) is 0 Å². The average molecular weight is 263 g/mol. The largest absolute Gasteiger partial charge is 0.250 e. The van der Waals surface area contributed by atoms with Crippen molar-refractivity contribution < 1.29 is 0 Å². The summed E-state index contributed by atoms with van der Waals surface area (Å²) in [5, 5.41) is 0.766. The second-order valence-corrected chi connectivity index (χ2v) is 5.86. The van der Waals surface area contributed by atoms with E-state index in [-0.39, 0.29) is 0 Å². The molecule has 0 saturated heterocycles. The number of thiol groups is 2. The highest BCUT2D eigenvalue weighted by molar-refractivity contribution is 7.87. The summed E-state index contributed by atoms with van der Waals surface area (Å²) in [6.07, 6.45) is 1.71. The monoisotopic (exact) mass is 261 g/mol. The van der Waals surface area contributed by atoms with Gasteiger partial charge >= 0.3 is 0 Å². The van der Waals surface area contributed by atoms with Crippen LogP contribution < -0.4 is 0 Å². The number of rotatable bonds is 0. The van der Waals surface area contributed by atoms with E-state index >= 15 is 0 Å². The third-order valence-electron chi connectivity index (χ3n) is 0.649. The van der Waals surface area contributed by atoms with Gasteiger partial charge in [-0.15, -0.1) is 25.3 Å². The molecule has 0 fully saturated rings. The van der Waals surface area contributed by atoms with E-state index in [4.69, 9.17) is 34.8 Å². The molecule has 1 aromatic heterocycles. The molecule has 0 unspecified atom stereocenters. The SMILES string of the molecule is SC(Cl)(Cl)Cl.Sc1ccccn1. The van der Waals surface area contributed by atoms with Crippen LogP contribution in [0.4, 0.5) is 0 Å². The summed E-state index contributed by atoms with van der Waals surface area (Å²) in [5.74, 6) is 0. The number of alkyl halides is 3. The lowest BCUT2D eigenvalue weighted by molar-refractivity contribution is 1.14. The quantitative estimate of drug-likeness (QED) is 0.538. The third kappa shape index (κ3) is 13.3. The normalized spacial score (nSPS) is 10.1. The Hall–Kier alpha value is 0.720. The molecular formula is C6H6Cl3NS2. The van der Waals surface area contributed by atoms with Crippen LogP contribution in [0.15, 0.2) is 29.4 Å². The second kappa shape index (κ2) is 6.22. The second-order valence-electron chi connectivity index (χ2n) is 1.66. The molecule has 6 heteroatoms. The lowest BCUT2D eigenvalue weighted by Crippen LogP contribution is -1.81. The molecule has 0 saturated carbocycles. The fourth-order valence-electron chi connectivity index (χ4n) is 0.354. The van der Waals surface area contributed by atoms with Gasteiger partial charge in [0.05, 0.1) is 5.03 Å². The van der Waals surface area contributed by atoms with Crippen LogP contribution >= 0.6 is 60.1 Å². The van der Waals surface area contributed by atoms with E-state index in [0.29, 0.717) is 0 Å². The molecule has 0 aliphatic heterocycles. The standard InChI is InChI=1S/C5H5NS.CHCl3S/c7-5-3-1-2-4-6-5;2-1(3,4)5/h1-4H,(H,6,7);5H. The van der Waals surface area contributed by atoms with Crippen molar-refractivity contribution in [3.05, 3.63) is 24.4 Å². The van der Waals surface area contributed by atoms with E-state index < -0.39 is 3.12 Å². The molecule has 1 nitrogen and oxygen atoms in total. The molecule has 0 aliphatic carbocycles. The highest BCUT2D eigenvalue weighted by Crippen LogP contribution is 2.29. The highest BCUT2D eigenvalue weighted by atomic mass is 35.6. The van der Waals surface area contributed by atoms with Gasteiger partial charge in [-0.05, 0) is 12.1 Å². The maximum absolute atomic E-state index is 4.93.